The average Bonchev–Trinajstić information content (AvgIpc) is 2.84. The first-order valence-electron chi connectivity index (χ1n) is 6.65. The van der Waals surface area contributed by atoms with E-state index in [1.54, 1.807) is 0 Å². The molecule has 0 aromatic carbocycles. The van der Waals surface area contributed by atoms with Crippen molar-refractivity contribution in [2.75, 3.05) is 7.05 Å². The molecule has 0 unspecified atom stereocenters. The minimum Gasteiger partial charge on any atom is -0.342 e. The van der Waals surface area contributed by atoms with Crippen molar-refractivity contribution in [3.63, 3.8) is 0 Å². The molecule has 5 heteroatoms. The highest BCUT2D eigenvalue weighted by Crippen LogP contribution is 2.16. The topological polar surface area (TPSA) is 49.8 Å². The van der Waals surface area contributed by atoms with Crippen LogP contribution in [0.1, 0.15) is 28.2 Å². The summed E-state index contributed by atoms with van der Waals surface area (Å²) in [5, 5.41) is 13.4. The largest absolute Gasteiger partial charge is 0.342 e. The van der Waals surface area contributed by atoms with Crippen molar-refractivity contribution >= 4 is 0 Å². The molecule has 0 bridgehead atoms. The van der Waals surface area contributed by atoms with Crippen molar-refractivity contribution in [2.24, 2.45) is 14.1 Å². The molecule has 0 radical (unpaired) electrons. The molecule has 2 aromatic rings. The van der Waals surface area contributed by atoms with Gasteiger partial charge in [0.1, 0.15) is 11.8 Å². The Labute approximate surface area is 120 Å². The highest BCUT2D eigenvalue weighted by molar-refractivity contribution is 5.29. The zero-order chi connectivity index (χ0) is 14.9. The second kappa shape index (κ2) is 5.51. The Hall–Kier alpha value is -2.06. The fraction of sp³-hybridized carbons (Fsp3) is 0.467. The van der Waals surface area contributed by atoms with Gasteiger partial charge < -0.3 is 4.57 Å². The molecule has 0 aliphatic carbocycles. The van der Waals surface area contributed by atoms with Crippen molar-refractivity contribution in [3.05, 3.63) is 40.5 Å². The van der Waals surface area contributed by atoms with Gasteiger partial charge in [0.2, 0.25) is 0 Å². The maximum Gasteiger partial charge on any atom is 0.120 e. The van der Waals surface area contributed by atoms with Crippen LogP contribution in [0.5, 0.6) is 0 Å². The first-order valence-corrected chi connectivity index (χ1v) is 6.65. The summed E-state index contributed by atoms with van der Waals surface area (Å²) in [4.78, 5) is 2.24. The van der Waals surface area contributed by atoms with E-state index in [9.17, 15) is 0 Å². The standard InChI is InChI=1S/C15H21N5/c1-11-15(12(2)20(5)17-11)10-18(3)8-13-6-14(7-16)19(4)9-13/h6,9H,8,10H2,1-5H3. The number of nitriles is 1. The van der Waals surface area contributed by atoms with Crippen molar-refractivity contribution in [1.82, 2.24) is 19.2 Å². The molecule has 0 amide bonds. The molecule has 0 aliphatic heterocycles. The van der Waals surface area contributed by atoms with Crippen LogP contribution in [0, 0.1) is 25.2 Å². The number of hydrogen-bond acceptors (Lipinski definition) is 3. The summed E-state index contributed by atoms with van der Waals surface area (Å²) in [5.74, 6) is 0. The minimum absolute atomic E-state index is 0.696. The molecule has 0 aliphatic rings. The predicted octanol–water partition coefficient (Wildman–Crippen LogP) is 1.88. The van der Waals surface area contributed by atoms with Crippen molar-refractivity contribution in [2.45, 2.75) is 26.9 Å². The predicted molar refractivity (Wildman–Crippen MR) is 78.0 cm³/mol. The molecule has 0 saturated heterocycles. The molecule has 0 atom stereocenters. The van der Waals surface area contributed by atoms with Crippen LogP contribution in [-0.2, 0) is 27.2 Å². The third-order valence-corrected chi connectivity index (χ3v) is 3.72. The monoisotopic (exact) mass is 271 g/mol. The Balaban J connectivity index is 2.09. The molecule has 5 nitrogen and oxygen atoms in total. The molecular formula is C15H21N5. The van der Waals surface area contributed by atoms with E-state index in [0.29, 0.717) is 5.69 Å². The van der Waals surface area contributed by atoms with Crippen LogP contribution in [0.4, 0.5) is 0 Å². The number of aromatic nitrogens is 3. The van der Waals surface area contributed by atoms with Crippen molar-refractivity contribution < 1.29 is 0 Å². The molecule has 0 saturated carbocycles. The van der Waals surface area contributed by atoms with Gasteiger partial charge >= 0.3 is 0 Å². The van der Waals surface area contributed by atoms with Crippen LogP contribution >= 0.6 is 0 Å². The van der Waals surface area contributed by atoms with Crippen LogP contribution in [-0.4, -0.2) is 26.3 Å². The Morgan fingerprint density at radius 2 is 2.00 bits per heavy atom. The normalized spacial score (nSPS) is 11.1. The number of hydrogen-bond donors (Lipinski definition) is 0. The van der Waals surface area contributed by atoms with E-state index in [1.165, 1.54) is 11.3 Å². The molecule has 106 valence electrons. The SMILES string of the molecule is Cc1nn(C)c(C)c1CN(C)Cc1cc(C#N)n(C)c1. The van der Waals surface area contributed by atoms with E-state index >= 15 is 0 Å². The lowest BCUT2D eigenvalue weighted by Crippen LogP contribution is -2.17. The molecule has 2 aromatic heterocycles. The summed E-state index contributed by atoms with van der Waals surface area (Å²) in [7, 11) is 5.96. The van der Waals surface area contributed by atoms with E-state index in [-0.39, 0.29) is 0 Å². The first-order chi connectivity index (χ1) is 9.42. The summed E-state index contributed by atoms with van der Waals surface area (Å²) in [6.07, 6.45) is 2.01. The van der Waals surface area contributed by atoms with Crippen molar-refractivity contribution in [3.8, 4) is 6.07 Å². The second-order valence-electron chi connectivity index (χ2n) is 5.40. The molecular weight excluding hydrogens is 250 g/mol. The number of rotatable bonds is 4. The van der Waals surface area contributed by atoms with Gasteiger partial charge in [0.15, 0.2) is 0 Å². The number of aryl methyl sites for hydroxylation is 3. The van der Waals surface area contributed by atoms with Gasteiger partial charge in [0, 0.05) is 44.6 Å². The fourth-order valence-corrected chi connectivity index (χ4v) is 2.51. The lowest BCUT2D eigenvalue weighted by atomic mass is 10.2. The smallest absolute Gasteiger partial charge is 0.120 e. The Morgan fingerprint density at radius 3 is 2.50 bits per heavy atom. The van der Waals surface area contributed by atoms with Crippen LogP contribution < -0.4 is 0 Å². The minimum atomic E-state index is 0.696. The average molecular weight is 271 g/mol. The molecule has 0 spiro atoms. The van der Waals surface area contributed by atoms with Crippen LogP contribution in [0.25, 0.3) is 0 Å². The van der Waals surface area contributed by atoms with Gasteiger partial charge in [-0.1, -0.05) is 0 Å². The maximum atomic E-state index is 8.98. The summed E-state index contributed by atoms with van der Waals surface area (Å²) in [6, 6.07) is 4.14. The molecule has 0 fully saturated rings. The van der Waals surface area contributed by atoms with Gasteiger partial charge in [-0.15, -0.1) is 0 Å². The van der Waals surface area contributed by atoms with Crippen LogP contribution in [0.15, 0.2) is 12.3 Å². The third kappa shape index (κ3) is 2.75. The zero-order valence-electron chi connectivity index (χ0n) is 12.8. The van der Waals surface area contributed by atoms with Crippen LogP contribution in [0.2, 0.25) is 0 Å². The molecule has 2 heterocycles. The zero-order valence-corrected chi connectivity index (χ0v) is 12.8. The van der Waals surface area contributed by atoms with Crippen LogP contribution in [0.3, 0.4) is 0 Å². The van der Waals surface area contributed by atoms with Gasteiger partial charge in [-0.3, -0.25) is 9.58 Å². The second-order valence-corrected chi connectivity index (χ2v) is 5.40. The Morgan fingerprint density at radius 1 is 1.30 bits per heavy atom. The van der Waals surface area contributed by atoms with Crippen molar-refractivity contribution in [1.29, 1.82) is 5.26 Å². The summed E-state index contributed by atoms with van der Waals surface area (Å²) >= 11 is 0. The van der Waals surface area contributed by atoms with E-state index in [4.69, 9.17) is 5.26 Å². The van der Waals surface area contributed by atoms with E-state index in [2.05, 4.69) is 30.0 Å². The quantitative estimate of drug-likeness (QED) is 0.853. The van der Waals surface area contributed by atoms with Gasteiger partial charge in [-0.05, 0) is 32.5 Å². The summed E-state index contributed by atoms with van der Waals surface area (Å²) < 4.78 is 3.79. The first kappa shape index (κ1) is 14.4. The van der Waals surface area contributed by atoms with Gasteiger partial charge in [-0.25, -0.2) is 0 Å². The maximum absolute atomic E-state index is 8.98. The van der Waals surface area contributed by atoms with E-state index in [1.807, 2.05) is 42.5 Å². The summed E-state index contributed by atoms with van der Waals surface area (Å²) in [6.45, 7) is 5.83. The van der Waals surface area contributed by atoms with E-state index in [0.717, 1.165) is 24.3 Å². The lowest BCUT2D eigenvalue weighted by Gasteiger charge is -2.16. The molecule has 20 heavy (non-hydrogen) atoms. The highest BCUT2D eigenvalue weighted by atomic mass is 15.3. The lowest BCUT2D eigenvalue weighted by molar-refractivity contribution is 0.317. The van der Waals surface area contributed by atoms with E-state index < -0.39 is 0 Å². The summed E-state index contributed by atoms with van der Waals surface area (Å²) in [5.41, 5.74) is 5.43. The highest BCUT2D eigenvalue weighted by Gasteiger charge is 2.12. The molecule has 2 rings (SSSR count). The third-order valence-electron chi connectivity index (χ3n) is 3.72. The van der Waals surface area contributed by atoms with Gasteiger partial charge in [0.25, 0.3) is 0 Å². The van der Waals surface area contributed by atoms with Gasteiger partial charge in [-0.2, -0.15) is 10.4 Å². The molecule has 0 N–H and O–H groups in total. The van der Waals surface area contributed by atoms with Gasteiger partial charge in [0.05, 0.1) is 5.69 Å². The Kier molecular flexibility index (Phi) is 3.96. The Bertz CT molecular complexity index is 657. The fourth-order valence-electron chi connectivity index (χ4n) is 2.51. The number of nitrogens with zero attached hydrogens (tertiary/aromatic N) is 5.